The zero-order valence-corrected chi connectivity index (χ0v) is 14.2. The Morgan fingerprint density at radius 2 is 1.67 bits per heavy atom. The first kappa shape index (κ1) is 18.0. The number of benzene rings is 1. The van der Waals surface area contributed by atoms with Crippen LogP contribution in [-0.4, -0.2) is 19.1 Å². The lowest BCUT2D eigenvalue weighted by atomic mass is 10.0. The third kappa shape index (κ3) is 5.66. The van der Waals surface area contributed by atoms with E-state index in [0.29, 0.717) is 11.8 Å². The predicted octanol–water partition coefficient (Wildman–Crippen LogP) is 4.22. The van der Waals surface area contributed by atoms with Crippen molar-refractivity contribution in [2.24, 2.45) is 17.6 Å². The molecule has 1 rings (SSSR count). The van der Waals surface area contributed by atoms with Crippen molar-refractivity contribution < 1.29 is 4.39 Å². The molecule has 0 radical (unpaired) electrons. The molecule has 1 atom stereocenters. The number of halogens is 1. The van der Waals surface area contributed by atoms with Crippen LogP contribution in [0.25, 0.3) is 0 Å². The molecule has 0 spiro atoms. The number of rotatable bonds is 8. The third-order valence-electron chi connectivity index (χ3n) is 3.56. The smallest absolute Gasteiger partial charge is 0.146 e. The van der Waals surface area contributed by atoms with Crippen LogP contribution in [0.5, 0.6) is 0 Å². The van der Waals surface area contributed by atoms with E-state index >= 15 is 0 Å². The molecule has 0 saturated heterocycles. The molecule has 0 saturated carbocycles. The number of nitrogens with zero attached hydrogens (tertiary/aromatic N) is 1. The van der Waals surface area contributed by atoms with E-state index in [1.807, 2.05) is 6.07 Å². The van der Waals surface area contributed by atoms with Crippen molar-refractivity contribution in [3.63, 3.8) is 0 Å². The Morgan fingerprint density at radius 3 is 2.14 bits per heavy atom. The summed E-state index contributed by atoms with van der Waals surface area (Å²) in [5, 5.41) is 0. The summed E-state index contributed by atoms with van der Waals surface area (Å²) in [6.07, 6.45) is 1.64. The highest BCUT2D eigenvalue weighted by Gasteiger charge is 2.19. The number of hydrogen-bond acceptors (Lipinski definition) is 2. The van der Waals surface area contributed by atoms with Crippen LogP contribution in [0.1, 0.15) is 46.6 Å². The fraction of sp³-hybridized carbons (Fsp3) is 0.667. The van der Waals surface area contributed by atoms with E-state index in [9.17, 15) is 4.39 Å². The first-order chi connectivity index (χ1) is 9.85. The second-order valence-electron chi connectivity index (χ2n) is 6.81. The van der Waals surface area contributed by atoms with Crippen molar-refractivity contribution in [2.45, 2.75) is 53.5 Å². The fourth-order valence-corrected chi connectivity index (χ4v) is 2.64. The molecule has 0 bridgehead atoms. The number of nitrogens with two attached hydrogens (primary N) is 1. The van der Waals surface area contributed by atoms with Crippen LogP contribution in [0.2, 0.25) is 0 Å². The quantitative estimate of drug-likeness (QED) is 0.777. The van der Waals surface area contributed by atoms with Gasteiger partial charge in [0.25, 0.3) is 0 Å². The van der Waals surface area contributed by atoms with Gasteiger partial charge in [-0.05, 0) is 36.3 Å². The fourth-order valence-electron chi connectivity index (χ4n) is 2.64. The SMILES string of the molecule is CCC(N)Cc1cccc(F)c1N(CC(C)C)CC(C)C. The second-order valence-corrected chi connectivity index (χ2v) is 6.81. The maximum atomic E-state index is 14.5. The Bertz CT molecular complexity index is 419. The molecule has 0 aliphatic carbocycles. The van der Waals surface area contributed by atoms with E-state index in [1.54, 1.807) is 12.1 Å². The number of anilines is 1. The van der Waals surface area contributed by atoms with Crippen molar-refractivity contribution in [1.82, 2.24) is 0 Å². The highest BCUT2D eigenvalue weighted by atomic mass is 19.1. The van der Waals surface area contributed by atoms with E-state index in [4.69, 9.17) is 5.73 Å². The zero-order valence-electron chi connectivity index (χ0n) is 14.2. The normalized spacial score (nSPS) is 13.0. The van der Waals surface area contributed by atoms with Gasteiger partial charge in [-0.15, -0.1) is 0 Å². The minimum absolute atomic E-state index is 0.0884. The third-order valence-corrected chi connectivity index (χ3v) is 3.56. The van der Waals surface area contributed by atoms with Crippen molar-refractivity contribution in [3.05, 3.63) is 29.6 Å². The van der Waals surface area contributed by atoms with Crippen molar-refractivity contribution in [2.75, 3.05) is 18.0 Å². The van der Waals surface area contributed by atoms with Gasteiger partial charge in [-0.3, -0.25) is 0 Å². The minimum atomic E-state index is -0.128. The average Bonchev–Trinajstić information content (AvgIpc) is 2.36. The van der Waals surface area contributed by atoms with Gasteiger partial charge in [-0.2, -0.15) is 0 Å². The Labute approximate surface area is 129 Å². The lowest BCUT2D eigenvalue weighted by Crippen LogP contribution is -2.33. The predicted molar refractivity (Wildman–Crippen MR) is 90.3 cm³/mol. The summed E-state index contributed by atoms with van der Waals surface area (Å²) >= 11 is 0. The molecule has 0 fully saturated rings. The standard InChI is InChI=1S/C18H31FN2/c1-6-16(20)10-15-8-7-9-17(19)18(15)21(11-13(2)3)12-14(4)5/h7-9,13-14,16H,6,10-12,20H2,1-5H3. The maximum absolute atomic E-state index is 14.5. The Hall–Kier alpha value is -1.09. The molecule has 0 aliphatic rings. The molecule has 0 aromatic heterocycles. The molecule has 1 aromatic carbocycles. The Morgan fingerprint density at radius 1 is 1.10 bits per heavy atom. The topological polar surface area (TPSA) is 29.3 Å². The molecule has 0 heterocycles. The van der Waals surface area contributed by atoms with Crippen molar-refractivity contribution in [3.8, 4) is 0 Å². The minimum Gasteiger partial charge on any atom is -0.368 e. The van der Waals surface area contributed by atoms with E-state index in [1.165, 1.54) is 0 Å². The molecular formula is C18H31FN2. The summed E-state index contributed by atoms with van der Waals surface area (Å²) in [6.45, 7) is 12.5. The Balaban J connectivity index is 3.14. The van der Waals surface area contributed by atoms with Gasteiger partial charge in [0.05, 0.1) is 5.69 Å². The van der Waals surface area contributed by atoms with Crippen molar-refractivity contribution >= 4 is 5.69 Å². The molecule has 21 heavy (non-hydrogen) atoms. The van der Waals surface area contributed by atoms with E-state index in [2.05, 4.69) is 39.5 Å². The van der Waals surface area contributed by atoms with E-state index < -0.39 is 0 Å². The first-order valence-corrected chi connectivity index (χ1v) is 8.13. The van der Waals surface area contributed by atoms with Gasteiger partial charge in [-0.25, -0.2) is 4.39 Å². The van der Waals surface area contributed by atoms with Gasteiger partial charge < -0.3 is 10.6 Å². The second kappa shape index (κ2) is 8.38. The number of hydrogen-bond donors (Lipinski definition) is 1. The molecular weight excluding hydrogens is 263 g/mol. The Kier molecular flexibility index (Phi) is 7.16. The summed E-state index contributed by atoms with van der Waals surface area (Å²) in [5.41, 5.74) is 7.87. The van der Waals surface area contributed by atoms with Crippen molar-refractivity contribution in [1.29, 1.82) is 0 Å². The molecule has 120 valence electrons. The monoisotopic (exact) mass is 294 g/mol. The van der Waals surface area contributed by atoms with E-state index in [0.717, 1.165) is 37.2 Å². The van der Waals surface area contributed by atoms with Gasteiger partial charge >= 0.3 is 0 Å². The van der Waals surface area contributed by atoms with E-state index in [-0.39, 0.29) is 11.9 Å². The molecule has 2 nitrogen and oxygen atoms in total. The van der Waals surface area contributed by atoms with Crippen LogP contribution >= 0.6 is 0 Å². The average molecular weight is 294 g/mol. The highest BCUT2D eigenvalue weighted by molar-refractivity contribution is 5.55. The zero-order chi connectivity index (χ0) is 16.0. The lowest BCUT2D eigenvalue weighted by molar-refractivity contribution is 0.533. The summed E-state index contributed by atoms with van der Waals surface area (Å²) in [6, 6.07) is 5.45. The van der Waals surface area contributed by atoms with Crippen LogP contribution in [0.3, 0.4) is 0 Å². The molecule has 0 aliphatic heterocycles. The number of para-hydroxylation sites is 1. The summed E-state index contributed by atoms with van der Waals surface area (Å²) < 4.78 is 14.5. The largest absolute Gasteiger partial charge is 0.368 e. The van der Waals surface area contributed by atoms with Gasteiger partial charge in [0.2, 0.25) is 0 Å². The molecule has 3 heteroatoms. The summed E-state index contributed by atoms with van der Waals surface area (Å²) in [5.74, 6) is 0.865. The molecule has 1 unspecified atom stereocenters. The summed E-state index contributed by atoms with van der Waals surface area (Å²) in [4.78, 5) is 2.20. The van der Waals surface area contributed by atoms with Crippen LogP contribution in [0.15, 0.2) is 18.2 Å². The highest BCUT2D eigenvalue weighted by Crippen LogP contribution is 2.27. The summed E-state index contributed by atoms with van der Waals surface area (Å²) in [7, 11) is 0. The van der Waals surface area contributed by atoms with Gasteiger partial charge in [0.15, 0.2) is 0 Å². The van der Waals surface area contributed by atoms with Gasteiger partial charge in [-0.1, -0.05) is 46.8 Å². The molecule has 2 N–H and O–H groups in total. The van der Waals surface area contributed by atoms with Crippen LogP contribution in [0, 0.1) is 17.7 Å². The van der Waals surface area contributed by atoms with Crippen LogP contribution in [-0.2, 0) is 6.42 Å². The van der Waals surface area contributed by atoms with Crippen LogP contribution in [0.4, 0.5) is 10.1 Å². The van der Waals surface area contributed by atoms with Crippen LogP contribution < -0.4 is 10.6 Å². The lowest BCUT2D eigenvalue weighted by Gasteiger charge is -2.31. The molecule has 1 aromatic rings. The first-order valence-electron chi connectivity index (χ1n) is 8.13. The van der Waals surface area contributed by atoms with Gasteiger partial charge in [0, 0.05) is 19.1 Å². The van der Waals surface area contributed by atoms with Gasteiger partial charge in [0.1, 0.15) is 5.82 Å². The molecule has 0 amide bonds. The maximum Gasteiger partial charge on any atom is 0.146 e.